The third-order valence-corrected chi connectivity index (χ3v) is 3.23. The van der Waals surface area contributed by atoms with Gasteiger partial charge in [-0.2, -0.15) is 5.10 Å². The second-order valence-electron chi connectivity index (χ2n) is 4.42. The number of aryl methyl sites for hydroxylation is 1. The minimum Gasteiger partial charge on any atom is -0.299 e. The van der Waals surface area contributed by atoms with Crippen LogP contribution in [-0.2, 0) is 18.9 Å². The third-order valence-electron chi connectivity index (χ3n) is 3.23. The molecule has 1 aliphatic rings. The van der Waals surface area contributed by atoms with E-state index < -0.39 is 17.2 Å². The van der Waals surface area contributed by atoms with Gasteiger partial charge in [-0.25, -0.2) is 9.48 Å². The van der Waals surface area contributed by atoms with Crippen molar-refractivity contribution in [1.29, 1.82) is 0 Å². The molecule has 0 aromatic carbocycles. The zero-order chi connectivity index (χ0) is 12.6. The molecule has 6 heteroatoms. The summed E-state index contributed by atoms with van der Waals surface area (Å²) in [4.78, 5) is 35.2. The van der Waals surface area contributed by atoms with Crippen LogP contribution in [0.4, 0.5) is 0 Å². The highest BCUT2D eigenvalue weighted by Gasteiger charge is 2.28. The first kappa shape index (κ1) is 11.8. The fraction of sp³-hybridized carbons (Fsp3) is 0.636. The molecule has 1 heterocycles. The van der Waals surface area contributed by atoms with Crippen LogP contribution in [0.25, 0.3) is 0 Å². The predicted molar refractivity (Wildman–Crippen MR) is 60.9 cm³/mol. The molecule has 0 N–H and O–H groups in total. The molecule has 0 radical (unpaired) electrons. The van der Waals surface area contributed by atoms with Crippen LogP contribution in [0.2, 0.25) is 0 Å². The number of carbonyl (C=O) groups is 1. The van der Waals surface area contributed by atoms with Crippen molar-refractivity contribution in [1.82, 2.24) is 14.3 Å². The fourth-order valence-electron chi connectivity index (χ4n) is 2.21. The summed E-state index contributed by atoms with van der Waals surface area (Å²) in [6, 6.07) is 0. The summed E-state index contributed by atoms with van der Waals surface area (Å²) in [5.74, 6) is -0.381. The number of rotatable bonds is 1. The van der Waals surface area contributed by atoms with Crippen molar-refractivity contribution in [2.24, 2.45) is 14.1 Å². The molecule has 0 bridgehead atoms. The van der Waals surface area contributed by atoms with Gasteiger partial charge in [0.25, 0.3) is 5.56 Å². The quantitative estimate of drug-likeness (QED) is 0.672. The molecule has 92 valence electrons. The van der Waals surface area contributed by atoms with Gasteiger partial charge in [0.15, 0.2) is 0 Å². The standard InChI is InChI=1S/C11H15N3O3/c1-13-10(16)9(12-14(2)11(13)17)7-5-3-4-6-8(7)15/h7H,3-6H2,1-2H3. The molecule has 1 saturated carbocycles. The summed E-state index contributed by atoms with van der Waals surface area (Å²) in [7, 11) is 2.89. The highest BCUT2D eigenvalue weighted by atomic mass is 16.2. The average Bonchev–Trinajstić information content (AvgIpc) is 2.32. The molecule has 1 aromatic rings. The molecule has 1 aromatic heterocycles. The smallest absolute Gasteiger partial charge is 0.299 e. The van der Waals surface area contributed by atoms with Crippen molar-refractivity contribution in [3.8, 4) is 0 Å². The minimum atomic E-state index is -0.470. The lowest BCUT2D eigenvalue weighted by Crippen LogP contribution is -2.42. The number of hydrogen-bond donors (Lipinski definition) is 0. The highest BCUT2D eigenvalue weighted by molar-refractivity contribution is 5.85. The van der Waals surface area contributed by atoms with Crippen molar-refractivity contribution < 1.29 is 4.79 Å². The largest absolute Gasteiger partial charge is 0.346 e. The van der Waals surface area contributed by atoms with Gasteiger partial charge in [-0.15, -0.1) is 0 Å². The van der Waals surface area contributed by atoms with Gasteiger partial charge in [0.05, 0.1) is 5.92 Å². The predicted octanol–water partition coefficient (Wildman–Crippen LogP) is -0.294. The van der Waals surface area contributed by atoms with E-state index in [2.05, 4.69) is 5.10 Å². The molecule has 0 spiro atoms. The number of hydrogen-bond acceptors (Lipinski definition) is 4. The molecule has 0 amide bonds. The van der Waals surface area contributed by atoms with Gasteiger partial charge in [0.2, 0.25) is 0 Å². The molecular formula is C11H15N3O3. The van der Waals surface area contributed by atoms with E-state index in [1.54, 1.807) is 0 Å². The molecule has 0 saturated heterocycles. The van der Waals surface area contributed by atoms with Crippen molar-refractivity contribution >= 4 is 5.78 Å². The first-order chi connectivity index (χ1) is 8.02. The Hall–Kier alpha value is -1.72. The number of nitrogens with zero attached hydrogens (tertiary/aromatic N) is 3. The summed E-state index contributed by atoms with van der Waals surface area (Å²) >= 11 is 0. The van der Waals surface area contributed by atoms with Gasteiger partial charge in [-0.1, -0.05) is 6.42 Å². The van der Waals surface area contributed by atoms with Gasteiger partial charge < -0.3 is 0 Å². The van der Waals surface area contributed by atoms with E-state index in [4.69, 9.17) is 0 Å². The number of ketones is 1. The van der Waals surface area contributed by atoms with Crippen LogP contribution < -0.4 is 11.2 Å². The third kappa shape index (κ3) is 1.94. The Morgan fingerprint density at radius 2 is 1.88 bits per heavy atom. The van der Waals surface area contributed by atoms with Gasteiger partial charge in [-0.05, 0) is 12.8 Å². The molecular weight excluding hydrogens is 222 g/mol. The van der Waals surface area contributed by atoms with Gasteiger partial charge >= 0.3 is 5.69 Å². The zero-order valence-electron chi connectivity index (χ0n) is 9.97. The maximum Gasteiger partial charge on any atom is 0.346 e. The van der Waals surface area contributed by atoms with Crippen LogP contribution >= 0.6 is 0 Å². The van der Waals surface area contributed by atoms with Crippen LogP contribution in [0.5, 0.6) is 0 Å². The van der Waals surface area contributed by atoms with Crippen LogP contribution in [0.3, 0.4) is 0 Å². The Morgan fingerprint density at radius 1 is 1.18 bits per heavy atom. The van der Waals surface area contributed by atoms with Crippen molar-refractivity contribution in [2.45, 2.75) is 31.6 Å². The zero-order valence-corrected chi connectivity index (χ0v) is 9.97. The first-order valence-corrected chi connectivity index (χ1v) is 5.69. The second-order valence-corrected chi connectivity index (χ2v) is 4.42. The summed E-state index contributed by atoms with van der Waals surface area (Å²) in [5.41, 5.74) is -0.713. The Labute approximate surface area is 97.9 Å². The van der Waals surface area contributed by atoms with E-state index in [0.29, 0.717) is 12.8 Å². The molecule has 1 fully saturated rings. The van der Waals surface area contributed by atoms with Crippen molar-refractivity contribution in [3.63, 3.8) is 0 Å². The van der Waals surface area contributed by atoms with Gasteiger partial charge in [0, 0.05) is 20.5 Å². The summed E-state index contributed by atoms with van der Waals surface area (Å²) in [6.45, 7) is 0. The lowest BCUT2D eigenvalue weighted by atomic mass is 9.86. The Bertz CT molecular complexity index is 570. The Kier molecular flexibility index (Phi) is 2.95. The summed E-state index contributed by atoms with van der Waals surface area (Å²) in [6.07, 6.45) is 2.95. The molecule has 1 aliphatic carbocycles. The summed E-state index contributed by atoms with van der Waals surface area (Å²) < 4.78 is 2.11. The van der Waals surface area contributed by atoms with Gasteiger partial charge in [-0.3, -0.25) is 14.2 Å². The molecule has 2 rings (SSSR count). The van der Waals surface area contributed by atoms with E-state index in [0.717, 1.165) is 22.1 Å². The second kappa shape index (κ2) is 4.27. The van der Waals surface area contributed by atoms with Crippen molar-refractivity contribution in [2.75, 3.05) is 0 Å². The van der Waals surface area contributed by atoms with E-state index in [1.807, 2.05) is 0 Å². The monoisotopic (exact) mass is 237 g/mol. The fourth-order valence-corrected chi connectivity index (χ4v) is 2.21. The molecule has 1 unspecified atom stereocenters. The van der Waals surface area contributed by atoms with Crippen molar-refractivity contribution in [3.05, 3.63) is 26.5 Å². The number of carbonyl (C=O) groups excluding carboxylic acids is 1. The van der Waals surface area contributed by atoms with E-state index in [-0.39, 0.29) is 11.5 Å². The normalized spacial score (nSPS) is 20.6. The molecule has 6 nitrogen and oxygen atoms in total. The SMILES string of the molecule is Cn1nc(C2CCCCC2=O)c(=O)n(C)c1=O. The highest BCUT2D eigenvalue weighted by Crippen LogP contribution is 2.26. The van der Waals surface area contributed by atoms with E-state index >= 15 is 0 Å². The van der Waals surface area contributed by atoms with Crippen LogP contribution in [-0.4, -0.2) is 20.1 Å². The number of Topliss-reactive ketones (excluding diaryl/α,β-unsaturated/α-hetero) is 1. The maximum atomic E-state index is 11.9. The maximum absolute atomic E-state index is 11.9. The number of aromatic nitrogens is 3. The van der Waals surface area contributed by atoms with E-state index in [9.17, 15) is 14.4 Å². The topological polar surface area (TPSA) is 74.0 Å². The van der Waals surface area contributed by atoms with Crippen LogP contribution in [0, 0.1) is 0 Å². The first-order valence-electron chi connectivity index (χ1n) is 5.69. The van der Waals surface area contributed by atoms with E-state index in [1.165, 1.54) is 14.1 Å². The summed E-state index contributed by atoms with van der Waals surface area (Å²) in [5, 5.41) is 3.96. The Morgan fingerprint density at radius 3 is 2.53 bits per heavy atom. The Balaban J connectivity index is 2.56. The molecule has 1 atom stereocenters. The lowest BCUT2D eigenvalue weighted by Gasteiger charge is -2.19. The molecule has 17 heavy (non-hydrogen) atoms. The average molecular weight is 237 g/mol. The molecule has 0 aliphatic heterocycles. The van der Waals surface area contributed by atoms with Crippen LogP contribution in [0.15, 0.2) is 9.59 Å². The minimum absolute atomic E-state index is 0.0551. The van der Waals surface area contributed by atoms with Crippen LogP contribution in [0.1, 0.15) is 37.3 Å². The lowest BCUT2D eigenvalue weighted by molar-refractivity contribution is -0.122. The van der Waals surface area contributed by atoms with Gasteiger partial charge in [0.1, 0.15) is 11.5 Å².